The lowest BCUT2D eigenvalue weighted by Gasteiger charge is -2.10. The molecule has 1 N–H and O–H groups in total. The van der Waals surface area contributed by atoms with E-state index in [1.54, 1.807) is 53.5 Å². The van der Waals surface area contributed by atoms with Crippen LogP contribution in [-0.2, 0) is 22.8 Å². The predicted molar refractivity (Wildman–Crippen MR) is 117 cm³/mol. The number of sulfonamides is 1. The van der Waals surface area contributed by atoms with Crippen molar-refractivity contribution < 1.29 is 8.42 Å². The molecule has 0 aliphatic rings. The van der Waals surface area contributed by atoms with Crippen molar-refractivity contribution in [1.29, 1.82) is 0 Å². The molecule has 2 heterocycles. The van der Waals surface area contributed by atoms with Crippen molar-refractivity contribution in [1.82, 2.24) is 14.8 Å². The van der Waals surface area contributed by atoms with Crippen molar-refractivity contribution in [2.75, 3.05) is 4.72 Å². The minimum atomic E-state index is -3.65. The van der Waals surface area contributed by atoms with E-state index in [9.17, 15) is 8.42 Å². The Labute approximate surface area is 178 Å². The number of benzene rings is 2. The molecule has 0 amide bonds. The number of aryl methyl sites for hydroxylation is 1. The maximum absolute atomic E-state index is 12.6. The smallest absolute Gasteiger partial charge is 0.236 e. The van der Waals surface area contributed by atoms with Gasteiger partial charge in [-0.05, 0) is 48.0 Å². The quantitative estimate of drug-likeness (QED) is 0.473. The number of rotatable bonds is 5. The van der Waals surface area contributed by atoms with Crippen molar-refractivity contribution in [2.45, 2.75) is 5.75 Å². The summed E-state index contributed by atoms with van der Waals surface area (Å²) in [4.78, 5) is 4.45. The molecular weight excluding hydrogens is 431 g/mol. The summed E-state index contributed by atoms with van der Waals surface area (Å²) < 4.78 is 29.5. The number of hydrogen-bond donors (Lipinski definition) is 1. The fraction of sp³-hybridized carbons (Fsp3) is 0.100. The molecule has 9 heteroatoms. The van der Waals surface area contributed by atoms with Crippen molar-refractivity contribution in [3.63, 3.8) is 0 Å². The molecule has 0 fully saturated rings. The van der Waals surface area contributed by atoms with Crippen LogP contribution in [0.4, 0.5) is 5.69 Å². The molecule has 0 saturated carbocycles. The maximum Gasteiger partial charge on any atom is 0.236 e. The van der Waals surface area contributed by atoms with Gasteiger partial charge in [-0.15, -0.1) is 0 Å². The van der Waals surface area contributed by atoms with Crippen molar-refractivity contribution in [3.05, 3.63) is 76.7 Å². The summed E-state index contributed by atoms with van der Waals surface area (Å²) >= 11 is 11.9. The molecule has 0 bridgehead atoms. The second-order valence-corrected chi connectivity index (χ2v) is 9.27. The normalized spacial score (nSPS) is 11.7. The number of nitrogens with one attached hydrogen (secondary N) is 1. The summed E-state index contributed by atoms with van der Waals surface area (Å²) in [6.07, 6.45) is 5.42. The number of anilines is 1. The van der Waals surface area contributed by atoms with Gasteiger partial charge in [-0.1, -0.05) is 23.2 Å². The van der Waals surface area contributed by atoms with Crippen LogP contribution in [-0.4, -0.2) is 23.2 Å². The largest absolute Gasteiger partial charge is 0.283 e. The van der Waals surface area contributed by atoms with E-state index in [2.05, 4.69) is 14.8 Å². The molecule has 6 nitrogen and oxygen atoms in total. The second kappa shape index (κ2) is 7.67. The van der Waals surface area contributed by atoms with Gasteiger partial charge in [0.2, 0.25) is 10.0 Å². The fourth-order valence-electron chi connectivity index (χ4n) is 3.05. The lowest BCUT2D eigenvalue weighted by Crippen LogP contribution is -2.15. The Morgan fingerprint density at radius 2 is 1.76 bits per heavy atom. The van der Waals surface area contributed by atoms with E-state index < -0.39 is 10.0 Å². The summed E-state index contributed by atoms with van der Waals surface area (Å²) in [5.41, 5.74) is 3.57. The molecular formula is C20H16Cl2N4O2S. The highest BCUT2D eigenvalue weighted by Crippen LogP contribution is 2.26. The molecule has 148 valence electrons. The summed E-state index contributed by atoms with van der Waals surface area (Å²) in [6, 6.07) is 11.9. The highest BCUT2D eigenvalue weighted by Gasteiger charge is 2.14. The van der Waals surface area contributed by atoms with E-state index >= 15 is 0 Å². The first-order valence-corrected chi connectivity index (χ1v) is 11.0. The molecule has 29 heavy (non-hydrogen) atoms. The van der Waals surface area contributed by atoms with Crippen LogP contribution in [0, 0.1) is 0 Å². The van der Waals surface area contributed by atoms with Gasteiger partial charge in [0.15, 0.2) is 0 Å². The van der Waals surface area contributed by atoms with E-state index in [0.29, 0.717) is 21.3 Å². The Balaban J connectivity index is 1.61. The monoisotopic (exact) mass is 446 g/mol. The summed E-state index contributed by atoms with van der Waals surface area (Å²) in [5.74, 6) is -0.237. The highest BCUT2D eigenvalue weighted by atomic mass is 35.5. The van der Waals surface area contributed by atoms with Crippen LogP contribution in [0.2, 0.25) is 10.0 Å². The zero-order valence-electron chi connectivity index (χ0n) is 15.3. The third-order valence-electron chi connectivity index (χ3n) is 4.27. The molecule has 0 spiro atoms. The Morgan fingerprint density at radius 3 is 2.45 bits per heavy atom. The number of pyridine rings is 1. The Kier molecular flexibility index (Phi) is 5.21. The van der Waals surface area contributed by atoms with Gasteiger partial charge < -0.3 is 0 Å². The highest BCUT2D eigenvalue weighted by molar-refractivity contribution is 7.91. The molecule has 0 radical (unpaired) electrons. The topological polar surface area (TPSA) is 76.9 Å². The summed E-state index contributed by atoms with van der Waals surface area (Å²) in [6.45, 7) is 0. The number of fused-ring (bicyclic) bond motifs is 1. The van der Waals surface area contributed by atoms with E-state index in [1.165, 1.54) is 0 Å². The van der Waals surface area contributed by atoms with Crippen LogP contribution < -0.4 is 4.72 Å². The van der Waals surface area contributed by atoms with Gasteiger partial charge in [-0.25, -0.2) is 8.42 Å². The van der Waals surface area contributed by atoms with Crippen molar-refractivity contribution in [2.24, 2.45) is 7.05 Å². The number of hydrogen-bond acceptors (Lipinski definition) is 4. The van der Waals surface area contributed by atoms with E-state index in [-0.39, 0.29) is 5.75 Å². The number of aromatic nitrogens is 3. The van der Waals surface area contributed by atoms with Gasteiger partial charge >= 0.3 is 0 Å². The molecule has 0 aliphatic heterocycles. The average Bonchev–Trinajstić information content (AvgIpc) is 3.06. The lowest BCUT2D eigenvalue weighted by molar-refractivity contribution is 0.600. The first kappa shape index (κ1) is 19.7. The van der Waals surface area contributed by atoms with E-state index in [4.69, 9.17) is 23.2 Å². The van der Waals surface area contributed by atoms with E-state index in [0.717, 1.165) is 22.0 Å². The molecule has 2 aromatic carbocycles. The molecule has 2 aromatic heterocycles. The molecule has 4 rings (SSSR count). The molecule has 4 aromatic rings. The number of nitrogens with zero attached hydrogens (tertiary/aromatic N) is 3. The minimum Gasteiger partial charge on any atom is -0.283 e. The van der Waals surface area contributed by atoms with Crippen molar-refractivity contribution >= 4 is 49.8 Å². The second-order valence-electron chi connectivity index (χ2n) is 6.67. The zero-order chi connectivity index (χ0) is 20.6. The van der Waals surface area contributed by atoms with Crippen LogP contribution in [0.5, 0.6) is 0 Å². The van der Waals surface area contributed by atoms with Crippen LogP contribution in [0.1, 0.15) is 5.56 Å². The first-order valence-electron chi connectivity index (χ1n) is 8.62. The van der Waals surface area contributed by atoms with Crippen LogP contribution in [0.15, 0.2) is 61.1 Å². The average molecular weight is 447 g/mol. The van der Waals surface area contributed by atoms with Gasteiger partial charge in [-0.3, -0.25) is 14.4 Å². The Bertz CT molecular complexity index is 1300. The predicted octanol–water partition coefficient (Wildman–Crippen LogP) is 4.88. The zero-order valence-corrected chi connectivity index (χ0v) is 17.6. The Morgan fingerprint density at radius 1 is 1.00 bits per heavy atom. The minimum absolute atomic E-state index is 0.237. The van der Waals surface area contributed by atoms with Crippen LogP contribution >= 0.6 is 23.2 Å². The maximum atomic E-state index is 12.6. The molecule has 0 aliphatic carbocycles. The summed E-state index contributed by atoms with van der Waals surface area (Å²) in [7, 11) is -1.80. The van der Waals surface area contributed by atoms with Gasteiger partial charge in [0.1, 0.15) is 0 Å². The van der Waals surface area contributed by atoms with E-state index in [1.807, 2.05) is 19.3 Å². The van der Waals surface area contributed by atoms with Crippen LogP contribution in [0.25, 0.3) is 22.0 Å². The van der Waals surface area contributed by atoms with Crippen LogP contribution in [0.3, 0.4) is 0 Å². The molecule has 0 saturated heterocycles. The first-order chi connectivity index (χ1) is 13.8. The van der Waals surface area contributed by atoms with Gasteiger partial charge in [-0.2, -0.15) is 5.10 Å². The molecule has 0 unspecified atom stereocenters. The Hall–Kier alpha value is -2.61. The molecule has 0 atom stereocenters. The van der Waals surface area contributed by atoms with Crippen molar-refractivity contribution in [3.8, 4) is 11.1 Å². The van der Waals surface area contributed by atoms with Gasteiger partial charge in [0.25, 0.3) is 0 Å². The summed E-state index contributed by atoms with van der Waals surface area (Å²) in [5, 5.41) is 5.77. The SMILES string of the molecule is Cn1cc(-c2cnc3ccc(NS(=O)(=O)Cc4cc(Cl)cc(Cl)c4)cc3c2)cn1. The standard InChI is InChI=1S/C20H16Cl2N4O2S/c1-26-11-16(10-24-26)15-6-14-7-19(2-3-20(14)23-9-15)25-29(27,28)12-13-4-17(21)8-18(22)5-13/h2-11,25H,12H2,1H3. The number of halogens is 2. The fourth-order valence-corrected chi connectivity index (χ4v) is 4.79. The lowest BCUT2D eigenvalue weighted by atomic mass is 10.1. The third kappa shape index (κ3) is 4.70. The third-order valence-corrected chi connectivity index (χ3v) is 5.97. The van der Waals surface area contributed by atoms with Gasteiger partial charge in [0.05, 0.1) is 17.5 Å². The van der Waals surface area contributed by atoms with Gasteiger partial charge in [0, 0.05) is 51.7 Å².